The number of hydrogen-bond acceptors (Lipinski definition) is 6. The highest BCUT2D eigenvalue weighted by Gasteiger charge is 2.51. The van der Waals surface area contributed by atoms with Crippen molar-refractivity contribution in [2.75, 3.05) is 16.0 Å². The van der Waals surface area contributed by atoms with Gasteiger partial charge in [-0.15, -0.1) is 0 Å². The first-order valence-corrected chi connectivity index (χ1v) is 14.3. The van der Waals surface area contributed by atoms with Crippen LogP contribution in [-0.4, -0.2) is 55.5 Å². The minimum absolute atomic E-state index is 0.0244. The molecule has 2 aromatic heterocycles. The molecule has 0 radical (unpaired) electrons. The summed E-state index contributed by atoms with van der Waals surface area (Å²) in [5.41, 5.74) is 6.97. The molecule has 2 aromatic carbocycles. The highest BCUT2D eigenvalue weighted by atomic mass is 35.5. The molecule has 1 saturated carbocycles. The largest absolute Gasteiger partial charge is 0.364 e. The van der Waals surface area contributed by atoms with Gasteiger partial charge in [0.05, 0.1) is 5.52 Å². The summed E-state index contributed by atoms with van der Waals surface area (Å²) in [6.07, 6.45) is 2.37. The van der Waals surface area contributed by atoms with Gasteiger partial charge in [-0.3, -0.25) is 19.1 Å². The molecule has 1 saturated heterocycles. The van der Waals surface area contributed by atoms with Crippen molar-refractivity contribution in [2.24, 2.45) is 11.7 Å². The Kier molecular flexibility index (Phi) is 7.63. The van der Waals surface area contributed by atoms with E-state index in [9.17, 15) is 19.2 Å². The van der Waals surface area contributed by atoms with Crippen LogP contribution in [0.5, 0.6) is 0 Å². The fourth-order valence-electron chi connectivity index (χ4n) is 5.96. The molecule has 2 aliphatic rings. The number of nitrogens with two attached hydrogens (primary N) is 1. The standard InChI is InChI=1S/C29H26Cl2N8O4/c30-16-5-7-17(8-6-16)33-29(43)34-18-9-11-21-20(13-18)25(27(32)41)37-38(21)14-24(40)39-19-10-4-15(12-19)26(39)28(42)36-23-3-1-2-22(31)35-23/h1-3,5-9,11,13,15,19,26H,4,10,12,14H2,(H2,32,41)(H2,33,34,43)(H,35,36,42)/t15-,19+,26-/m0/s1. The number of amides is 5. The van der Waals surface area contributed by atoms with Gasteiger partial charge in [0.15, 0.2) is 5.69 Å². The lowest BCUT2D eigenvalue weighted by Crippen LogP contribution is -2.52. The van der Waals surface area contributed by atoms with Gasteiger partial charge in [-0.1, -0.05) is 29.3 Å². The Morgan fingerprint density at radius 3 is 2.42 bits per heavy atom. The topological polar surface area (TPSA) is 164 Å². The summed E-state index contributed by atoms with van der Waals surface area (Å²) in [5, 5.41) is 13.7. The molecule has 1 aliphatic heterocycles. The Hall–Kier alpha value is -4.68. The van der Waals surface area contributed by atoms with E-state index in [0.717, 1.165) is 19.3 Å². The molecule has 0 unspecified atom stereocenters. The number of likely N-dealkylation sites (tertiary alicyclic amines) is 1. The van der Waals surface area contributed by atoms with Crippen LogP contribution >= 0.6 is 23.2 Å². The van der Waals surface area contributed by atoms with E-state index < -0.39 is 18.0 Å². The number of nitrogens with one attached hydrogen (secondary N) is 3. The predicted octanol–water partition coefficient (Wildman–Crippen LogP) is 4.50. The summed E-state index contributed by atoms with van der Waals surface area (Å²) in [6, 6.07) is 15.1. The summed E-state index contributed by atoms with van der Waals surface area (Å²) in [5.74, 6) is -1.09. The van der Waals surface area contributed by atoms with Crippen molar-refractivity contribution < 1.29 is 19.2 Å². The van der Waals surface area contributed by atoms with Crippen molar-refractivity contribution >= 4 is 75.1 Å². The fourth-order valence-corrected chi connectivity index (χ4v) is 6.25. The summed E-state index contributed by atoms with van der Waals surface area (Å²) in [6.45, 7) is -0.212. The van der Waals surface area contributed by atoms with E-state index in [1.165, 1.54) is 4.68 Å². The van der Waals surface area contributed by atoms with Gasteiger partial charge in [0, 0.05) is 27.8 Å². The van der Waals surface area contributed by atoms with Crippen LogP contribution in [0.15, 0.2) is 60.7 Å². The van der Waals surface area contributed by atoms with Crippen LogP contribution in [0.4, 0.5) is 22.0 Å². The number of anilines is 3. The Morgan fingerprint density at radius 2 is 1.67 bits per heavy atom. The van der Waals surface area contributed by atoms with E-state index >= 15 is 0 Å². The Labute approximate surface area is 255 Å². The summed E-state index contributed by atoms with van der Waals surface area (Å²) < 4.78 is 1.40. The lowest BCUT2D eigenvalue weighted by Gasteiger charge is -2.34. The third kappa shape index (κ3) is 5.84. The molecule has 0 spiro atoms. The molecule has 5 amide bonds. The van der Waals surface area contributed by atoms with Crippen molar-refractivity contribution in [3.63, 3.8) is 0 Å². The molecule has 3 atom stereocenters. The van der Waals surface area contributed by atoms with Gasteiger partial charge in [-0.2, -0.15) is 5.10 Å². The molecule has 220 valence electrons. The van der Waals surface area contributed by atoms with Gasteiger partial charge in [0.2, 0.25) is 11.8 Å². The average molecular weight is 621 g/mol. The Bertz CT molecular complexity index is 1760. The number of rotatable bonds is 7. The maximum atomic E-state index is 13.7. The number of hydrogen-bond donors (Lipinski definition) is 4. The molecule has 2 fully saturated rings. The van der Waals surface area contributed by atoms with Crippen molar-refractivity contribution in [3.05, 3.63) is 76.5 Å². The normalized spacial score (nSPS) is 18.9. The Balaban J connectivity index is 1.21. The van der Waals surface area contributed by atoms with E-state index in [2.05, 4.69) is 26.0 Å². The van der Waals surface area contributed by atoms with Crippen LogP contribution in [0, 0.1) is 5.92 Å². The van der Waals surface area contributed by atoms with Crippen molar-refractivity contribution in [2.45, 2.75) is 37.9 Å². The number of fused-ring (bicyclic) bond motifs is 3. The Morgan fingerprint density at radius 1 is 0.930 bits per heavy atom. The average Bonchev–Trinajstić information content (AvgIpc) is 3.68. The number of halogens is 2. The molecule has 2 bridgehead atoms. The molecular formula is C29H26Cl2N8O4. The van der Waals surface area contributed by atoms with Crippen LogP contribution in [0.2, 0.25) is 10.2 Å². The van der Waals surface area contributed by atoms with E-state index in [1.807, 2.05) is 0 Å². The van der Waals surface area contributed by atoms with Gasteiger partial charge in [-0.05, 0) is 79.8 Å². The number of carbonyl (C=O) groups is 4. The summed E-state index contributed by atoms with van der Waals surface area (Å²) in [4.78, 5) is 57.6. The fraction of sp³-hybridized carbons (Fsp3) is 0.241. The number of nitrogens with zero attached hydrogens (tertiary/aromatic N) is 4. The third-order valence-corrected chi connectivity index (χ3v) is 8.20. The van der Waals surface area contributed by atoms with Crippen LogP contribution in [0.25, 0.3) is 10.9 Å². The number of aromatic nitrogens is 3. The summed E-state index contributed by atoms with van der Waals surface area (Å²) in [7, 11) is 0. The maximum Gasteiger partial charge on any atom is 0.323 e. The SMILES string of the molecule is NC(=O)c1nn(CC(=O)N2[C@@H]3CC[C@@H](C3)[C@H]2C(=O)Nc2cccc(Cl)n2)c2ccc(NC(=O)Nc3ccc(Cl)cc3)cc12. The maximum absolute atomic E-state index is 13.7. The zero-order chi connectivity index (χ0) is 30.2. The van der Waals surface area contributed by atoms with Crippen LogP contribution in [0.1, 0.15) is 29.8 Å². The molecule has 1 aliphatic carbocycles. The van der Waals surface area contributed by atoms with Gasteiger partial charge < -0.3 is 26.6 Å². The lowest BCUT2D eigenvalue weighted by atomic mass is 9.97. The van der Waals surface area contributed by atoms with Crippen LogP contribution < -0.4 is 21.7 Å². The first-order valence-electron chi connectivity index (χ1n) is 13.5. The van der Waals surface area contributed by atoms with Crippen molar-refractivity contribution in [1.82, 2.24) is 19.7 Å². The van der Waals surface area contributed by atoms with E-state index in [1.54, 1.807) is 65.6 Å². The molecule has 3 heterocycles. The van der Waals surface area contributed by atoms with Gasteiger partial charge in [0.25, 0.3) is 5.91 Å². The monoisotopic (exact) mass is 620 g/mol. The van der Waals surface area contributed by atoms with E-state index in [0.29, 0.717) is 33.1 Å². The van der Waals surface area contributed by atoms with Gasteiger partial charge >= 0.3 is 6.03 Å². The molecule has 14 heteroatoms. The minimum atomic E-state index is -0.787. The van der Waals surface area contributed by atoms with Crippen LogP contribution in [0.3, 0.4) is 0 Å². The van der Waals surface area contributed by atoms with Crippen LogP contribution in [-0.2, 0) is 16.1 Å². The van der Waals surface area contributed by atoms with Crippen molar-refractivity contribution in [3.8, 4) is 0 Å². The molecule has 43 heavy (non-hydrogen) atoms. The number of piperidine rings is 1. The quantitative estimate of drug-likeness (QED) is 0.222. The zero-order valence-corrected chi connectivity index (χ0v) is 24.1. The molecule has 5 N–H and O–H groups in total. The van der Waals surface area contributed by atoms with Gasteiger partial charge in [-0.25, -0.2) is 9.78 Å². The van der Waals surface area contributed by atoms with E-state index in [-0.39, 0.29) is 41.2 Å². The molecule has 4 aromatic rings. The zero-order valence-electron chi connectivity index (χ0n) is 22.6. The second kappa shape index (κ2) is 11.5. The third-order valence-electron chi connectivity index (χ3n) is 7.74. The van der Waals surface area contributed by atoms with Gasteiger partial charge in [0.1, 0.15) is 23.6 Å². The minimum Gasteiger partial charge on any atom is -0.364 e. The molecular weight excluding hydrogens is 595 g/mol. The second-order valence-corrected chi connectivity index (χ2v) is 11.3. The number of pyridine rings is 1. The number of benzene rings is 2. The first kappa shape index (κ1) is 28.4. The van der Waals surface area contributed by atoms with E-state index in [4.69, 9.17) is 28.9 Å². The molecule has 12 nitrogen and oxygen atoms in total. The smallest absolute Gasteiger partial charge is 0.323 e. The number of carbonyl (C=O) groups excluding carboxylic acids is 4. The van der Waals surface area contributed by atoms with Crippen molar-refractivity contribution in [1.29, 1.82) is 0 Å². The summed E-state index contributed by atoms with van der Waals surface area (Å²) >= 11 is 11.9. The highest BCUT2D eigenvalue weighted by molar-refractivity contribution is 6.30. The lowest BCUT2D eigenvalue weighted by molar-refractivity contribution is -0.141. The highest BCUT2D eigenvalue weighted by Crippen LogP contribution is 2.43. The number of primary amides is 1. The molecule has 6 rings (SSSR count). The second-order valence-electron chi connectivity index (χ2n) is 10.5. The predicted molar refractivity (Wildman–Crippen MR) is 162 cm³/mol. The first-order chi connectivity index (χ1) is 20.7. The number of urea groups is 1.